The fourth-order valence-electron chi connectivity index (χ4n) is 1.97. The first-order valence-electron chi connectivity index (χ1n) is 5.73. The lowest BCUT2D eigenvalue weighted by Gasteiger charge is -2.04. The van der Waals surface area contributed by atoms with E-state index in [-0.39, 0.29) is 6.42 Å². The van der Waals surface area contributed by atoms with Crippen LogP contribution in [0.1, 0.15) is 25.6 Å². The van der Waals surface area contributed by atoms with Crippen LogP contribution >= 0.6 is 0 Å². The zero-order chi connectivity index (χ0) is 12.3. The first-order valence-corrected chi connectivity index (χ1v) is 5.73. The fraction of sp³-hybridized carbons (Fsp3) is 0.417. The van der Waals surface area contributed by atoms with E-state index in [1.165, 1.54) is 0 Å². The van der Waals surface area contributed by atoms with Crippen LogP contribution in [0.4, 0.5) is 0 Å². The number of aliphatic carboxylic acids is 1. The van der Waals surface area contributed by atoms with E-state index in [4.69, 9.17) is 5.11 Å². The Hall–Kier alpha value is -1.91. The first kappa shape index (κ1) is 11.6. The standard InChI is InChI=1S/C12H15N3O2/c1-2-15-10-6-7-13-8-9(10)14-11(15)4-3-5-12(16)17/h6-8H,2-5H2,1H3,(H,16,17). The van der Waals surface area contributed by atoms with Gasteiger partial charge in [-0.1, -0.05) is 0 Å². The minimum Gasteiger partial charge on any atom is -0.481 e. The second-order valence-corrected chi connectivity index (χ2v) is 3.88. The maximum absolute atomic E-state index is 10.5. The molecule has 0 aliphatic carbocycles. The summed E-state index contributed by atoms with van der Waals surface area (Å²) < 4.78 is 2.11. The van der Waals surface area contributed by atoms with Crippen LogP contribution in [0, 0.1) is 0 Å². The Bertz CT molecular complexity index is 534. The lowest BCUT2D eigenvalue weighted by molar-refractivity contribution is -0.137. The van der Waals surface area contributed by atoms with Crippen LogP contribution in [0.3, 0.4) is 0 Å². The Labute approximate surface area is 99.1 Å². The number of imidazole rings is 1. The molecule has 17 heavy (non-hydrogen) atoms. The van der Waals surface area contributed by atoms with Gasteiger partial charge >= 0.3 is 5.97 Å². The number of aromatic nitrogens is 3. The van der Waals surface area contributed by atoms with Gasteiger partial charge in [-0.3, -0.25) is 9.78 Å². The van der Waals surface area contributed by atoms with Gasteiger partial charge in [-0.2, -0.15) is 0 Å². The highest BCUT2D eigenvalue weighted by molar-refractivity contribution is 5.74. The molecule has 0 aliphatic heterocycles. The van der Waals surface area contributed by atoms with Gasteiger partial charge < -0.3 is 9.67 Å². The molecule has 5 heteroatoms. The number of rotatable bonds is 5. The van der Waals surface area contributed by atoms with Gasteiger partial charge in [0.1, 0.15) is 11.3 Å². The number of aryl methyl sites for hydroxylation is 2. The number of carboxylic acid groups (broad SMARTS) is 1. The third kappa shape index (κ3) is 2.43. The number of carbonyl (C=O) groups is 1. The van der Waals surface area contributed by atoms with Crippen LogP contribution in [0.5, 0.6) is 0 Å². The Morgan fingerprint density at radius 2 is 2.35 bits per heavy atom. The van der Waals surface area contributed by atoms with Crippen molar-refractivity contribution >= 4 is 17.0 Å². The second-order valence-electron chi connectivity index (χ2n) is 3.88. The summed E-state index contributed by atoms with van der Waals surface area (Å²) in [6.45, 7) is 2.89. The van der Waals surface area contributed by atoms with E-state index >= 15 is 0 Å². The Morgan fingerprint density at radius 1 is 1.53 bits per heavy atom. The lowest BCUT2D eigenvalue weighted by atomic mass is 10.2. The third-order valence-corrected chi connectivity index (χ3v) is 2.74. The number of carboxylic acids is 1. The minimum absolute atomic E-state index is 0.186. The Kier molecular flexibility index (Phi) is 3.37. The van der Waals surface area contributed by atoms with E-state index in [2.05, 4.69) is 21.5 Å². The zero-order valence-corrected chi connectivity index (χ0v) is 9.76. The van der Waals surface area contributed by atoms with Gasteiger partial charge in [0.2, 0.25) is 0 Å². The van der Waals surface area contributed by atoms with Crippen molar-refractivity contribution in [3.8, 4) is 0 Å². The van der Waals surface area contributed by atoms with E-state index in [1.807, 2.05) is 6.07 Å². The molecular weight excluding hydrogens is 218 g/mol. The largest absolute Gasteiger partial charge is 0.481 e. The zero-order valence-electron chi connectivity index (χ0n) is 9.76. The number of hydrogen-bond donors (Lipinski definition) is 1. The van der Waals surface area contributed by atoms with E-state index in [1.54, 1.807) is 12.4 Å². The molecule has 0 saturated heterocycles. The summed E-state index contributed by atoms with van der Waals surface area (Å²) in [6.07, 6.45) is 4.98. The highest BCUT2D eigenvalue weighted by atomic mass is 16.4. The maximum atomic E-state index is 10.5. The van der Waals surface area contributed by atoms with Gasteiger partial charge in [-0.15, -0.1) is 0 Å². The van der Waals surface area contributed by atoms with Crippen molar-refractivity contribution in [3.05, 3.63) is 24.3 Å². The summed E-state index contributed by atoms with van der Waals surface area (Å²) in [5, 5.41) is 8.62. The molecule has 0 atom stereocenters. The molecule has 0 bridgehead atoms. The smallest absolute Gasteiger partial charge is 0.303 e. The summed E-state index contributed by atoms with van der Waals surface area (Å²) in [5.74, 6) is 0.183. The summed E-state index contributed by atoms with van der Waals surface area (Å²) in [6, 6.07) is 1.94. The molecule has 0 saturated carbocycles. The number of nitrogens with zero attached hydrogens (tertiary/aromatic N) is 3. The molecular formula is C12H15N3O2. The monoisotopic (exact) mass is 233 g/mol. The summed E-state index contributed by atoms with van der Waals surface area (Å²) >= 11 is 0. The number of fused-ring (bicyclic) bond motifs is 1. The normalized spacial score (nSPS) is 10.9. The van der Waals surface area contributed by atoms with Crippen molar-refractivity contribution in [2.75, 3.05) is 0 Å². The average molecular weight is 233 g/mol. The molecule has 0 amide bonds. The topological polar surface area (TPSA) is 68.0 Å². The molecule has 2 rings (SSSR count). The predicted octanol–water partition coefficient (Wildman–Crippen LogP) is 1.86. The molecule has 0 fully saturated rings. The van der Waals surface area contributed by atoms with E-state index < -0.39 is 5.97 Å². The van der Waals surface area contributed by atoms with Crippen LogP contribution in [-0.2, 0) is 17.8 Å². The molecule has 0 radical (unpaired) electrons. The molecule has 0 aliphatic rings. The first-order chi connectivity index (χ1) is 8.22. The maximum Gasteiger partial charge on any atom is 0.303 e. The predicted molar refractivity (Wildman–Crippen MR) is 63.8 cm³/mol. The van der Waals surface area contributed by atoms with Gasteiger partial charge in [0.05, 0.1) is 11.7 Å². The van der Waals surface area contributed by atoms with Crippen LogP contribution in [0.2, 0.25) is 0 Å². The molecule has 2 aromatic rings. The molecule has 1 N–H and O–H groups in total. The number of hydrogen-bond acceptors (Lipinski definition) is 3. The Balaban J connectivity index is 2.24. The van der Waals surface area contributed by atoms with Crippen molar-refractivity contribution in [1.82, 2.24) is 14.5 Å². The van der Waals surface area contributed by atoms with E-state index in [0.717, 1.165) is 23.4 Å². The van der Waals surface area contributed by atoms with Crippen molar-refractivity contribution in [2.45, 2.75) is 32.7 Å². The van der Waals surface area contributed by atoms with Crippen molar-refractivity contribution in [1.29, 1.82) is 0 Å². The molecule has 2 heterocycles. The SMILES string of the molecule is CCn1c(CCCC(=O)O)nc2cnccc21. The van der Waals surface area contributed by atoms with E-state index in [9.17, 15) is 4.79 Å². The van der Waals surface area contributed by atoms with Gasteiger partial charge in [0.25, 0.3) is 0 Å². The van der Waals surface area contributed by atoms with Gasteiger partial charge in [-0.05, 0) is 19.4 Å². The second kappa shape index (κ2) is 4.95. The van der Waals surface area contributed by atoms with Gasteiger partial charge in [0.15, 0.2) is 0 Å². The molecule has 5 nitrogen and oxygen atoms in total. The average Bonchev–Trinajstić information content (AvgIpc) is 2.66. The van der Waals surface area contributed by atoms with Crippen LogP contribution in [0.15, 0.2) is 18.5 Å². The van der Waals surface area contributed by atoms with Crippen LogP contribution < -0.4 is 0 Å². The third-order valence-electron chi connectivity index (χ3n) is 2.74. The van der Waals surface area contributed by atoms with Crippen molar-refractivity contribution < 1.29 is 9.90 Å². The molecule has 0 unspecified atom stereocenters. The highest BCUT2D eigenvalue weighted by Crippen LogP contribution is 2.16. The van der Waals surface area contributed by atoms with Crippen LogP contribution in [-0.4, -0.2) is 25.6 Å². The summed E-state index contributed by atoms with van der Waals surface area (Å²) in [7, 11) is 0. The minimum atomic E-state index is -0.758. The molecule has 90 valence electrons. The van der Waals surface area contributed by atoms with Crippen molar-refractivity contribution in [2.24, 2.45) is 0 Å². The van der Waals surface area contributed by atoms with E-state index in [0.29, 0.717) is 12.8 Å². The van der Waals surface area contributed by atoms with Gasteiger partial charge in [0, 0.05) is 25.6 Å². The summed E-state index contributed by atoms with van der Waals surface area (Å²) in [4.78, 5) is 19.0. The van der Waals surface area contributed by atoms with Crippen LogP contribution in [0.25, 0.3) is 11.0 Å². The molecule has 0 aromatic carbocycles. The summed E-state index contributed by atoms with van der Waals surface area (Å²) in [5.41, 5.74) is 1.94. The Morgan fingerprint density at radius 3 is 3.06 bits per heavy atom. The lowest BCUT2D eigenvalue weighted by Crippen LogP contribution is -2.03. The van der Waals surface area contributed by atoms with Crippen molar-refractivity contribution in [3.63, 3.8) is 0 Å². The number of pyridine rings is 1. The molecule has 0 spiro atoms. The fourth-order valence-corrected chi connectivity index (χ4v) is 1.97. The molecule has 2 aromatic heterocycles. The van der Waals surface area contributed by atoms with Gasteiger partial charge in [-0.25, -0.2) is 4.98 Å². The highest BCUT2D eigenvalue weighted by Gasteiger charge is 2.09. The quantitative estimate of drug-likeness (QED) is 0.855.